The van der Waals surface area contributed by atoms with Crippen LogP contribution in [0.25, 0.3) is 0 Å². The van der Waals surface area contributed by atoms with Gasteiger partial charge in [0.15, 0.2) is 0 Å². The van der Waals surface area contributed by atoms with Crippen molar-refractivity contribution in [3.63, 3.8) is 0 Å². The van der Waals surface area contributed by atoms with Crippen LogP contribution in [0.4, 0.5) is 4.39 Å². The zero-order valence-electron chi connectivity index (χ0n) is 15.1. The minimum Gasteiger partial charge on any atom is -0.489 e. The van der Waals surface area contributed by atoms with Gasteiger partial charge >= 0.3 is 0 Å². The molecular formula is C22H27ClFNO. The van der Waals surface area contributed by atoms with Gasteiger partial charge in [0, 0.05) is 18.2 Å². The van der Waals surface area contributed by atoms with E-state index in [0.717, 1.165) is 12.3 Å². The standard InChI is InChI=1S/C22H27ClFNO/c23-21-9-6-10-22(24)20(21)16-26-19-13-11-17(12-14-19)15-25-18-7-4-2-1-3-5-8-18/h6,9-14,18,25H,1-5,7-8,15-16H2. The summed E-state index contributed by atoms with van der Waals surface area (Å²) in [6, 6.07) is 13.3. The molecule has 1 N–H and O–H groups in total. The Labute approximate surface area is 160 Å². The first-order valence-electron chi connectivity index (χ1n) is 9.60. The van der Waals surface area contributed by atoms with E-state index in [9.17, 15) is 4.39 Å². The number of hydrogen-bond donors (Lipinski definition) is 1. The summed E-state index contributed by atoms with van der Waals surface area (Å²) in [7, 11) is 0. The molecule has 0 radical (unpaired) electrons. The third-order valence-electron chi connectivity index (χ3n) is 5.07. The summed E-state index contributed by atoms with van der Waals surface area (Å²) in [5.74, 6) is 0.386. The zero-order chi connectivity index (χ0) is 18.2. The molecule has 26 heavy (non-hydrogen) atoms. The highest BCUT2D eigenvalue weighted by Gasteiger charge is 2.11. The Balaban J connectivity index is 1.48. The fraction of sp³-hybridized carbons (Fsp3) is 0.455. The molecule has 0 amide bonds. The van der Waals surface area contributed by atoms with E-state index in [4.69, 9.17) is 16.3 Å². The van der Waals surface area contributed by atoms with Crippen molar-refractivity contribution in [3.05, 3.63) is 64.4 Å². The van der Waals surface area contributed by atoms with E-state index >= 15 is 0 Å². The lowest BCUT2D eigenvalue weighted by atomic mass is 9.96. The SMILES string of the molecule is Fc1cccc(Cl)c1COc1ccc(CNC2CCCCCCC2)cc1. The summed E-state index contributed by atoms with van der Waals surface area (Å²) >= 11 is 6.03. The van der Waals surface area contributed by atoms with Crippen LogP contribution in [0.1, 0.15) is 56.1 Å². The van der Waals surface area contributed by atoms with Crippen molar-refractivity contribution in [2.45, 2.75) is 64.1 Å². The van der Waals surface area contributed by atoms with E-state index in [0.29, 0.717) is 16.6 Å². The minimum atomic E-state index is -0.336. The zero-order valence-corrected chi connectivity index (χ0v) is 15.9. The van der Waals surface area contributed by atoms with Gasteiger partial charge in [-0.2, -0.15) is 0 Å². The van der Waals surface area contributed by atoms with Crippen LogP contribution in [0.5, 0.6) is 5.75 Å². The predicted octanol–water partition coefficient (Wildman–Crippen LogP) is 6.26. The number of rotatable bonds is 6. The molecule has 0 atom stereocenters. The van der Waals surface area contributed by atoms with Crippen molar-refractivity contribution in [3.8, 4) is 5.75 Å². The lowest BCUT2D eigenvalue weighted by Gasteiger charge is -2.21. The number of ether oxygens (including phenoxy) is 1. The summed E-state index contributed by atoms with van der Waals surface area (Å²) in [4.78, 5) is 0. The van der Waals surface area contributed by atoms with E-state index in [1.807, 2.05) is 12.1 Å². The van der Waals surface area contributed by atoms with Gasteiger partial charge in [-0.3, -0.25) is 0 Å². The maximum absolute atomic E-state index is 13.8. The van der Waals surface area contributed by atoms with Crippen LogP contribution >= 0.6 is 11.6 Å². The summed E-state index contributed by atoms with van der Waals surface area (Å²) in [6.07, 6.45) is 9.38. The first-order valence-corrected chi connectivity index (χ1v) is 9.98. The van der Waals surface area contributed by atoms with Crippen LogP contribution in [0.3, 0.4) is 0 Å². The first kappa shape index (κ1) is 19.2. The molecule has 0 unspecified atom stereocenters. The van der Waals surface area contributed by atoms with Gasteiger partial charge in [0.2, 0.25) is 0 Å². The monoisotopic (exact) mass is 375 g/mol. The van der Waals surface area contributed by atoms with Crippen LogP contribution in [0.2, 0.25) is 5.02 Å². The van der Waals surface area contributed by atoms with Gasteiger partial charge in [-0.05, 0) is 42.7 Å². The van der Waals surface area contributed by atoms with E-state index in [2.05, 4.69) is 17.4 Å². The van der Waals surface area contributed by atoms with Gasteiger partial charge in [-0.15, -0.1) is 0 Å². The highest BCUT2D eigenvalue weighted by Crippen LogP contribution is 2.22. The maximum Gasteiger partial charge on any atom is 0.131 e. The molecule has 0 heterocycles. The van der Waals surface area contributed by atoms with Crippen LogP contribution in [0.15, 0.2) is 42.5 Å². The van der Waals surface area contributed by atoms with E-state index < -0.39 is 0 Å². The largest absolute Gasteiger partial charge is 0.489 e. The highest BCUT2D eigenvalue weighted by molar-refractivity contribution is 6.31. The molecule has 3 rings (SSSR count). The second-order valence-corrected chi connectivity index (χ2v) is 7.46. The van der Waals surface area contributed by atoms with Crippen molar-refractivity contribution >= 4 is 11.6 Å². The van der Waals surface area contributed by atoms with E-state index in [-0.39, 0.29) is 12.4 Å². The van der Waals surface area contributed by atoms with Gasteiger partial charge in [0.05, 0.1) is 5.02 Å². The summed E-state index contributed by atoms with van der Waals surface area (Å²) in [5.41, 5.74) is 1.63. The molecular weight excluding hydrogens is 349 g/mol. The molecule has 2 aromatic rings. The molecule has 2 aromatic carbocycles. The fourth-order valence-corrected chi connectivity index (χ4v) is 3.67. The number of hydrogen-bond acceptors (Lipinski definition) is 2. The van der Waals surface area contributed by atoms with Crippen LogP contribution in [-0.2, 0) is 13.2 Å². The Morgan fingerprint density at radius 1 is 0.962 bits per heavy atom. The second-order valence-electron chi connectivity index (χ2n) is 7.06. The van der Waals surface area contributed by atoms with Crippen molar-refractivity contribution in [2.24, 2.45) is 0 Å². The molecule has 4 heteroatoms. The maximum atomic E-state index is 13.8. The summed E-state index contributed by atoms with van der Waals surface area (Å²) in [5, 5.41) is 4.08. The fourth-order valence-electron chi connectivity index (χ4n) is 3.45. The smallest absolute Gasteiger partial charge is 0.131 e. The average Bonchev–Trinajstić information content (AvgIpc) is 2.61. The second kappa shape index (κ2) is 9.94. The van der Waals surface area contributed by atoms with Crippen LogP contribution in [-0.4, -0.2) is 6.04 Å². The summed E-state index contributed by atoms with van der Waals surface area (Å²) in [6.45, 7) is 1.01. The topological polar surface area (TPSA) is 21.3 Å². The average molecular weight is 376 g/mol. The van der Waals surface area contributed by atoms with Gasteiger partial charge in [-0.25, -0.2) is 4.39 Å². The van der Waals surface area contributed by atoms with Crippen molar-refractivity contribution in [1.82, 2.24) is 5.32 Å². The van der Waals surface area contributed by atoms with Gasteiger partial charge in [-0.1, -0.05) is 61.9 Å². The molecule has 0 aliphatic heterocycles. The Kier molecular flexibility index (Phi) is 7.33. The lowest BCUT2D eigenvalue weighted by Crippen LogP contribution is -2.29. The molecule has 0 aromatic heterocycles. The Bertz CT molecular complexity index is 661. The van der Waals surface area contributed by atoms with E-state index in [1.165, 1.54) is 56.6 Å². The lowest BCUT2D eigenvalue weighted by molar-refractivity contribution is 0.300. The third kappa shape index (κ3) is 5.72. The first-order chi connectivity index (χ1) is 12.7. The predicted molar refractivity (Wildman–Crippen MR) is 105 cm³/mol. The molecule has 1 saturated carbocycles. The number of nitrogens with one attached hydrogen (secondary N) is 1. The van der Waals surface area contributed by atoms with Crippen molar-refractivity contribution in [2.75, 3.05) is 0 Å². The summed E-state index contributed by atoms with van der Waals surface area (Å²) < 4.78 is 19.5. The Morgan fingerprint density at radius 3 is 2.35 bits per heavy atom. The van der Waals surface area contributed by atoms with Crippen molar-refractivity contribution < 1.29 is 9.13 Å². The highest BCUT2D eigenvalue weighted by atomic mass is 35.5. The minimum absolute atomic E-state index is 0.130. The Morgan fingerprint density at radius 2 is 1.65 bits per heavy atom. The van der Waals surface area contributed by atoms with Crippen LogP contribution < -0.4 is 10.1 Å². The molecule has 0 spiro atoms. The quantitative estimate of drug-likeness (QED) is 0.643. The van der Waals surface area contributed by atoms with Crippen molar-refractivity contribution in [1.29, 1.82) is 0 Å². The normalized spacial score (nSPS) is 16.1. The van der Waals surface area contributed by atoms with E-state index in [1.54, 1.807) is 12.1 Å². The third-order valence-corrected chi connectivity index (χ3v) is 5.42. The van der Waals surface area contributed by atoms with Gasteiger partial charge in [0.1, 0.15) is 18.2 Å². The molecule has 1 aliphatic rings. The molecule has 0 saturated heterocycles. The molecule has 140 valence electrons. The van der Waals surface area contributed by atoms with Gasteiger partial charge < -0.3 is 10.1 Å². The molecule has 1 fully saturated rings. The van der Waals surface area contributed by atoms with Gasteiger partial charge in [0.25, 0.3) is 0 Å². The Hall–Kier alpha value is -1.58. The molecule has 1 aliphatic carbocycles. The molecule has 0 bridgehead atoms. The molecule has 2 nitrogen and oxygen atoms in total. The number of benzene rings is 2. The van der Waals surface area contributed by atoms with Crippen LogP contribution in [0, 0.1) is 5.82 Å². The number of halogens is 2.